The zero-order valence-electron chi connectivity index (χ0n) is 15.8. The molecular formula is C23H23ClN2O2. The van der Waals surface area contributed by atoms with Crippen molar-refractivity contribution in [3.63, 3.8) is 0 Å². The predicted molar refractivity (Wildman–Crippen MR) is 115 cm³/mol. The van der Waals surface area contributed by atoms with Crippen LogP contribution in [0.15, 0.2) is 88.0 Å². The zero-order valence-corrected chi connectivity index (χ0v) is 16.5. The second kappa shape index (κ2) is 9.90. The van der Waals surface area contributed by atoms with Crippen LogP contribution in [-0.4, -0.2) is 18.8 Å². The maximum Gasteiger partial charge on any atom is 0.309 e. The number of carbonyl (C=O) groups is 1. The Hall–Kier alpha value is -2.85. The SMILES string of the molecule is CCOC(=O)C1CC(/C=N/c2ccccc2)=C(Cl)C(=C/Nc2ccccc2)/C1. The van der Waals surface area contributed by atoms with Crippen molar-refractivity contribution in [3.05, 3.63) is 83.0 Å². The van der Waals surface area contributed by atoms with Crippen LogP contribution in [-0.2, 0) is 9.53 Å². The quantitative estimate of drug-likeness (QED) is 0.493. The standard InChI is InChI=1S/C23H23ClN2O2/c1-2-28-23(27)17-13-18(15-25-20-9-5-3-6-10-20)22(24)19(14-17)16-26-21-11-7-4-8-12-21/h3-12,15-17,25H,2,13-14H2,1H3/b18-15+,26-16+. The fourth-order valence-electron chi connectivity index (χ4n) is 3.02. The first-order valence-corrected chi connectivity index (χ1v) is 9.70. The molecule has 5 heteroatoms. The molecule has 2 aromatic carbocycles. The van der Waals surface area contributed by atoms with Crippen LogP contribution in [0, 0.1) is 5.92 Å². The van der Waals surface area contributed by atoms with Gasteiger partial charge >= 0.3 is 5.97 Å². The topological polar surface area (TPSA) is 50.7 Å². The smallest absolute Gasteiger partial charge is 0.309 e. The monoisotopic (exact) mass is 394 g/mol. The van der Waals surface area contributed by atoms with Crippen molar-refractivity contribution in [2.75, 3.05) is 11.9 Å². The molecule has 0 fully saturated rings. The summed E-state index contributed by atoms with van der Waals surface area (Å²) in [5.41, 5.74) is 3.49. The molecule has 1 aliphatic rings. The molecule has 3 rings (SSSR count). The van der Waals surface area contributed by atoms with Gasteiger partial charge in [-0.15, -0.1) is 0 Å². The third-order valence-electron chi connectivity index (χ3n) is 4.43. The molecule has 28 heavy (non-hydrogen) atoms. The van der Waals surface area contributed by atoms with Crippen LogP contribution < -0.4 is 5.32 Å². The molecule has 0 bridgehead atoms. The summed E-state index contributed by atoms with van der Waals surface area (Å²) in [6.45, 7) is 2.18. The van der Waals surface area contributed by atoms with Crippen LogP contribution in [0.5, 0.6) is 0 Å². The number of esters is 1. The number of nitrogens with one attached hydrogen (secondary N) is 1. The number of allylic oxidation sites excluding steroid dienone is 3. The molecule has 4 nitrogen and oxygen atoms in total. The molecule has 1 atom stereocenters. The predicted octanol–water partition coefficient (Wildman–Crippen LogP) is 5.85. The number of ether oxygens (including phenoxy) is 1. The molecule has 0 heterocycles. The lowest BCUT2D eigenvalue weighted by Crippen LogP contribution is -2.23. The van der Waals surface area contributed by atoms with Crippen LogP contribution in [0.3, 0.4) is 0 Å². The molecular weight excluding hydrogens is 372 g/mol. The van der Waals surface area contributed by atoms with E-state index < -0.39 is 0 Å². The first-order chi connectivity index (χ1) is 13.7. The number of hydrogen-bond acceptors (Lipinski definition) is 4. The van der Waals surface area contributed by atoms with Gasteiger partial charge in [-0.2, -0.15) is 0 Å². The lowest BCUT2D eigenvalue weighted by atomic mass is 9.86. The number of rotatable bonds is 6. The van der Waals surface area contributed by atoms with Gasteiger partial charge in [-0.3, -0.25) is 9.79 Å². The molecule has 0 saturated heterocycles. The van der Waals surface area contributed by atoms with Gasteiger partial charge in [0, 0.05) is 23.1 Å². The van der Waals surface area contributed by atoms with Crippen molar-refractivity contribution in [2.24, 2.45) is 10.9 Å². The highest BCUT2D eigenvalue weighted by atomic mass is 35.5. The van der Waals surface area contributed by atoms with Crippen molar-refractivity contribution in [1.29, 1.82) is 0 Å². The summed E-state index contributed by atoms with van der Waals surface area (Å²) < 4.78 is 5.24. The van der Waals surface area contributed by atoms with Gasteiger partial charge in [0.05, 0.1) is 18.2 Å². The molecule has 1 unspecified atom stereocenters. The average molecular weight is 395 g/mol. The number of carbonyl (C=O) groups excluding carboxylic acids is 1. The zero-order chi connectivity index (χ0) is 19.8. The summed E-state index contributed by atoms with van der Waals surface area (Å²) in [6, 6.07) is 19.5. The average Bonchev–Trinajstić information content (AvgIpc) is 2.73. The maximum atomic E-state index is 12.4. The molecule has 2 aromatic rings. The van der Waals surface area contributed by atoms with Gasteiger partial charge < -0.3 is 10.1 Å². The minimum Gasteiger partial charge on any atom is -0.466 e. The summed E-state index contributed by atoms with van der Waals surface area (Å²) >= 11 is 6.66. The third-order valence-corrected chi connectivity index (χ3v) is 4.91. The highest BCUT2D eigenvalue weighted by Gasteiger charge is 2.29. The molecule has 0 spiro atoms. The number of para-hydroxylation sites is 2. The normalized spacial score (nSPS) is 18.5. The molecule has 1 N–H and O–H groups in total. The van der Waals surface area contributed by atoms with Crippen LogP contribution in [0.1, 0.15) is 19.8 Å². The largest absolute Gasteiger partial charge is 0.466 e. The fourth-order valence-corrected chi connectivity index (χ4v) is 3.28. The van der Waals surface area contributed by atoms with Gasteiger partial charge in [0.15, 0.2) is 0 Å². The molecule has 0 saturated carbocycles. The van der Waals surface area contributed by atoms with Gasteiger partial charge in [-0.25, -0.2) is 0 Å². The van der Waals surface area contributed by atoms with E-state index >= 15 is 0 Å². The van der Waals surface area contributed by atoms with Crippen LogP contribution >= 0.6 is 11.6 Å². The Morgan fingerprint density at radius 2 is 1.82 bits per heavy atom. The van der Waals surface area contributed by atoms with E-state index in [2.05, 4.69) is 10.3 Å². The van der Waals surface area contributed by atoms with E-state index in [1.807, 2.05) is 73.8 Å². The van der Waals surface area contributed by atoms with Gasteiger partial charge in [0.1, 0.15) is 0 Å². The molecule has 0 aliphatic heterocycles. The van der Waals surface area contributed by atoms with Crippen LogP contribution in [0.2, 0.25) is 0 Å². The second-order valence-electron chi connectivity index (χ2n) is 6.47. The summed E-state index contributed by atoms with van der Waals surface area (Å²) in [6.07, 6.45) is 4.65. The Morgan fingerprint density at radius 3 is 2.50 bits per heavy atom. The van der Waals surface area contributed by atoms with Gasteiger partial charge in [-0.05, 0) is 55.2 Å². The number of halogens is 1. The summed E-state index contributed by atoms with van der Waals surface area (Å²) in [4.78, 5) is 16.9. The first-order valence-electron chi connectivity index (χ1n) is 9.32. The van der Waals surface area contributed by atoms with Gasteiger partial charge in [0.25, 0.3) is 0 Å². The fraction of sp³-hybridized carbons (Fsp3) is 0.217. The third kappa shape index (κ3) is 5.33. The highest BCUT2D eigenvalue weighted by Crippen LogP contribution is 2.36. The van der Waals surface area contributed by atoms with E-state index in [0.717, 1.165) is 22.5 Å². The molecule has 0 aromatic heterocycles. The summed E-state index contributed by atoms with van der Waals surface area (Å²) in [5, 5.41) is 3.88. The van der Waals surface area contributed by atoms with Crippen molar-refractivity contribution in [2.45, 2.75) is 19.8 Å². The van der Waals surface area contributed by atoms with Crippen molar-refractivity contribution >= 4 is 35.2 Å². The van der Waals surface area contributed by atoms with Crippen LogP contribution in [0.25, 0.3) is 0 Å². The number of anilines is 1. The van der Waals surface area contributed by atoms with E-state index in [-0.39, 0.29) is 11.9 Å². The van der Waals surface area contributed by atoms with Crippen LogP contribution in [0.4, 0.5) is 11.4 Å². The van der Waals surface area contributed by atoms with Crippen molar-refractivity contribution in [1.82, 2.24) is 0 Å². The number of nitrogens with zero attached hydrogens (tertiary/aromatic N) is 1. The second-order valence-corrected chi connectivity index (χ2v) is 6.85. The van der Waals surface area contributed by atoms with E-state index in [9.17, 15) is 4.79 Å². The number of benzene rings is 2. The Morgan fingerprint density at radius 1 is 1.14 bits per heavy atom. The summed E-state index contributed by atoms with van der Waals surface area (Å²) in [7, 11) is 0. The minimum absolute atomic E-state index is 0.206. The van der Waals surface area contributed by atoms with Gasteiger partial charge in [0.2, 0.25) is 0 Å². The van der Waals surface area contributed by atoms with E-state index in [4.69, 9.17) is 16.3 Å². The highest BCUT2D eigenvalue weighted by molar-refractivity contribution is 6.34. The maximum absolute atomic E-state index is 12.4. The lowest BCUT2D eigenvalue weighted by molar-refractivity contribution is -0.147. The minimum atomic E-state index is -0.275. The van der Waals surface area contributed by atoms with Crippen molar-refractivity contribution in [3.8, 4) is 0 Å². The van der Waals surface area contributed by atoms with Gasteiger partial charge in [-0.1, -0.05) is 48.0 Å². The number of aliphatic imine (C=N–C) groups is 1. The molecule has 0 amide bonds. The lowest BCUT2D eigenvalue weighted by Gasteiger charge is -2.24. The van der Waals surface area contributed by atoms with E-state index in [1.54, 1.807) is 6.21 Å². The molecule has 144 valence electrons. The first kappa shape index (κ1) is 19.9. The Bertz CT molecular complexity index is 889. The Kier molecular flexibility index (Phi) is 7.04. The Balaban J connectivity index is 1.87. The van der Waals surface area contributed by atoms with E-state index in [1.165, 1.54) is 0 Å². The summed E-state index contributed by atoms with van der Waals surface area (Å²) in [5.74, 6) is -0.480. The molecule has 0 radical (unpaired) electrons. The van der Waals surface area contributed by atoms with Crippen molar-refractivity contribution < 1.29 is 9.53 Å². The van der Waals surface area contributed by atoms with E-state index in [0.29, 0.717) is 24.5 Å². The Labute approximate surface area is 170 Å². The molecule has 1 aliphatic carbocycles. The number of hydrogen-bond donors (Lipinski definition) is 1.